The quantitative estimate of drug-likeness (QED) is 0.327. The number of rotatable bonds is 7. The SMILES string of the molecule is CCNS(=O)(=O)c1cnn2c(Nc3cc(C)ccc3Cl)c(C(=O)N3CCC(c4ccc(F)cc4)CC3)cnc12. The molecule has 1 fully saturated rings. The Morgan fingerprint density at radius 1 is 1.13 bits per heavy atom. The summed E-state index contributed by atoms with van der Waals surface area (Å²) in [6, 6.07) is 11.9. The number of anilines is 2. The van der Waals surface area contributed by atoms with Gasteiger partial charge in [0, 0.05) is 25.8 Å². The Bertz CT molecular complexity index is 1630. The van der Waals surface area contributed by atoms with Gasteiger partial charge in [-0.2, -0.15) is 9.61 Å². The van der Waals surface area contributed by atoms with Gasteiger partial charge in [-0.05, 0) is 61.1 Å². The number of nitrogens with zero attached hydrogens (tertiary/aromatic N) is 4. The number of fused-ring (bicyclic) bond motifs is 1. The van der Waals surface area contributed by atoms with Crippen LogP contribution in [0.2, 0.25) is 5.02 Å². The lowest BCUT2D eigenvalue weighted by Crippen LogP contribution is -2.38. The Morgan fingerprint density at radius 2 is 1.85 bits per heavy atom. The summed E-state index contributed by atoms with van der Waals surface area (Å²) >= 11 is 6.45. The normalized spacial score (nSPS) is 14.6. The number of piperidine rings is 1. The second kappa shape index (κ2) is 10.9. The van der Waals surface area contributed by atoms with Gasteiger partial charge in [0.2, 0.25) is 10.0 Å². The highest BCUT2D eigenvalue weighted by Crippen LogP contribution is 2.32. The van der Waals surface area contributed by atoms with Crippen molar-refractivity contribution in [3.63, 3.8) is 0 Å². The smallest absolute Gasteiger partial charge is 0.259 e. The Hall–Kier alpha value is -3.54. The van der Waals surface area contributed by atoms with E-state index in [1.807, 2.05) is 19.1 Å². The Balaban J connectivity index is 1.51. The molecule has 1 aliphatic heterocycles. The van der Waals surface area contributed by atoms with Crippen LogP contribution in [0.5, 0.6) is 0 Å². The number of hydrogen-bond acceptors (Lipinski definition) is 6. The lowest BCUT2D eigenvalue weighted by molar-refractivity contribution is 0.0713. The van der Waals surface area contributed by atoms with Gasteiger partial charge in [-0.3, -0.25) is 4.79 Å². The number of carbonyl (C=O) groups is 1. The summed E-state index contributed by atoms with van der Waals surface area (Å²) in [7, 11) is -3.86. The van der Waals surface area contributed by atoms with Crippen molar-refractivity contribution in [3.05, 3.63) is 82.4 Å². The summed E-state index contributed by atoms with van der Waals surface area (Å²) in [6.07, 6.45) is 4.05. The van der Waals surface area contributed by atoms with Gasteiger partial charge >= 0.3 is 0 Å². The maximum absolute atomic E-state index is 13.8. The van der Waals surface area contributed by atoms with E-state index in [1.165, 1.54) is 29.0 Å². The van der Waals surface area contributed by atoms with Crippen LogP contribution in [0.4, 0.5) is 15.9 Å². The topological polar surface area (TPSA) is 109 Å². The third kappa shape index (κ3) is 5.47. The lowest BCUT2D eigenvalue weighted by atomic mass is 9.89. The summed E-state index contributed by atoms with van der Waals surface area (Å²) in [6.45, 7) is 4.80. The van der Waals surface area contributed by atoms with Crippen LogP contribution in [0.1, 0.15) is 47.2 Å². The van der Waals surface area contributed by atoms with Gasteiger partial charge in [0.1, 0.15) is 22.1 Å². The van der Waals surface area contributed by atoms with Crippen molar-refractivity contribution in [1.82, 2.24) is 24.2 Å². The van der Waals surface area contributed by atoms with Crippen molar-refractivity contribution in [2.75, 3.05) is 25.0 Å². The fourth-order valence-corrected chi connectivity index (χ4v) is 6.09. The average Bonchev–Trinajstić information content (AvgIpc) is 3.37. The molecule has 0 unspecified atom stereocenters. The predicted octanol–water partition coefficient (Wildman–Crippen LogP) is 4.89. The van der Waals surface area contributed by atoms with Gasteiger partial charge in [0.15, 0.2) is 5.65 Å². The van der Waals surface area contributed by atoms with Crippen LogP contribution in [0.3, 0.4) is 0 Å². The monoisotopic (exact) mass is 570 g/mol. The Kier molecular flexibility index (Phi) is 7.57. The number of amides is 1. The summed E-state index contributed by atoms with van der Waals surface area (Å²) < 4.78 is 42.7. The number of aryl methyl sites for hydroxylation is 1. The van der Waals surface area contributed by atoms with Crippen LogP contribution in [0.25, 0.3) is 5.65 Å². The van der Waals surface area contributed by atoms with Gasteiger partial charge in [0.25, 0.3) is 5.91 Å². The van der Waals surface area contributed by atoms with Gasteiger partial charge in [-0.25, -0.2) is 22.5 Å². The maximum Gasteiger partial charge on any atom is 0.259 e. The van der Waals surface area contributed by atoms with Gasteiger partial charge in [0.05, 0.1) is 16.9 Å². The molecule has 9 nitrogen and oxygen atoms in total. The predicted molar refractivity (Wildman–Crippen MR) is 148 cm³/mol. The molecule has 0 bridgehead atoms. The van der Waals surface area contributed by atoms with E-state index in [2.05, 4.69) is 20.1 Å². The molecule has 3 heterocycles. The van der Waals surface area contributed by atoms with E-state index in [0.717, 1.165) is 24.0 Å². The van der Waals surface area contributed by atoms with Crippen molar-refractivity contribution < 1.29 is 17.6 Å². The van der Waals surface area contributed by atoms with Crippen molar-refractivity contribution in [2.45, 2.75) is 37.5 Å². The summed E-state index contributed by atoms with van der Waals surface area (Å²) in [5.41, 5.74) is 2.84. The highest BCUT2D eigenvalue weighted by Gasteiger charge is 2.29. The summed E-state index contributed by atoms with van der Waals surface area (Å²) in [5.74, 6) is -0.0529. The fraction of sp³-hybridized carbons (Fsp3) is 0.296. The van der Waals surface area contributed by atoms with Gasteiger partial charge < -0.3 is 10.2 Å². The zero-order valence-electron chi connectivity index (χ0n) is 21.5. The molecule has 1 saturated heterocycles. The van der Waals surface area contributed by atoms with Crippen LogP contribution in [-0.2, 0) is 10.0 Å². The zero-order valence-corrected chi connectivity index (χ0v) is 23.1. The highest BCUT2D eigenvalue weighted by atomic mass is 35.5. The molecule has 2 N–H and O–H groups in total. The molecule has 0 radical (unpaired) electrons. The molecule has 0 atom stereocenters. The minimum absolute atomic E-state index is 0.0776. The van der Waals surface area contributed by atoms with Crippen LogP contribution in [-0.4, -0.2) is 53.5 Å². The van der Waals surface area contributed by atoms with Crippen molar-refractivity contribution >= 4 is 44.7 Å². The molecule has 0 aliphatic carbocycles. The number of hydrogen-bond donors (Lipinski definition) is 2. The minimum atomic E-state index is -3.86. The molecule has 1 amide bonds. The number of nitrogens with one attached hydrogen (secondary N) is 2. The summed E-state index contributed by atoms with van der Waals surface area (Å²) in [4.78, 5) is 19.8. The fourth-order valence-electron chi connectivity index (χ4n) is 4.83. The van der Waals surface area contributed by atoms with Crippen molar-refractivity contribution in [3.8, 4) is 0 Å². The molecular formula is C27H28ClFN6O3S. The standard InChI is InChI=1S/C27H28ClFN6O3S/c1-3-32-39(37,38)24-16-31-35-25(33-23-14-17(2)4-9-22(23)28)21(15-30-26(24)35)27(36)34-12-10-19(11-13-34)18-5-7-20(29)8-6-18/h4-9,14-16,19,32-33H,3,10-13H2,1-2H3. The maximum atomic E-state index is 13.8. The first-order valence-corrected chi connectivity index (χ1v) is 14.5. The molecule has 2 aromatic carbocycles. The molecule has 2 aromatic heterocycles. The molecule has 0 saturated carbocycles. The molecule has 4 aromatic rings. The highest BCUT2D eigenvalue weighted by molar-refractivity contribution is 7.89. The van der Waals surface area contributed by atoms with Crippen LogP contribution < -0.4 is 10.0 Å². The molecule has 12 heteroatoms. The molecule has 1 aliphatic rings. The third-order valence-corrected chi connectivity index (χ3v) is 8.71. The second-order valence-corrected chi connectivity index (χ2v) is 11.6. The van der Waals surface area contributed by atoms with Crippen LogP contribution in [0, 0.1) is 12.7 Å². The van der Waals surface area contributed by atoms with E-state index in [1.54, 1.807) is 30.0 Å². The van der Waals surface area contributed by atoms with E-state index >= 15 is 0 Å². The van der Waals surface area contributed by atoms with Crippen molar-refractivity contribution in [1.29, 1.82) is 0 Å². The number of halogens is 2. The second-order valence-electron chi connectivity index (χ2n) is 9.49. The molecular weight excluding hydrogens is 543 g/mol. The lowest BCUT2D eigenvalue weighted by Gasteiger charge is -2.32. The van der Waals surface area contributed by atoms with E-state index in [4.69, 9.17) is 11.6 Å². The van der Waals surface area contributed by atoms with Crippen molar-refractivity contribution in [2.24, 2.45) is 0 Å². The minimum Gasteiger partial charge on any atom is -0.338 e. The van der Waals surface area contributed by atoms with Crippen LogP contribution >= 0.6 is 11.6 Å². The molecule has 5 rings (SSSR count). The average molecular weight is 571 g/mol. The van der Waals surface area contributed by atoms with E-state index in [9.17, 15) is 17.6 Å². The first-order chi connectivity index (χ1) is 18.7. The third-order valence-electron chi connectivity index (χ3n) is 6.85. The van der Waals surface area contributed by atoms with E-state index in [0.29, 0.717) is 23.8 Å². The Morgan fingerprint density at radius 3 is 2.54 bits per heavy atom. The first-order valence-electron chi connectivity index (χ1n) is 12.6. The van der Waals surface area contributed by atoms with E-state index in [-0.39, 0.29) is 46.1 Å². The first kappa shape index (κ1) is 27.0. The number of sulfonamides is 1. The zero-order chi connectivity index (χ0) is 27.7. The Labute approximate surface area is 231 Å². The number of aromatic nitrogens is 3. The summed E-state index contributed by atoms with van der Waals surface area (Å²) in [5, 5.41) is 7.93. The number of carbonyl (C=O) groups excluding carboxylic acids is 1. The number of likely N-dealkylation sites (tertiary alicyclic amines) is 1. The number of benzene rings is 2. The van der Waals surface area contributed by atoms with E-state index < -0.39 is 10.0 Å². The molecule has 0 spiro atoms. The molecule has 39 heavy (non-hydrogen) atoms. The largest absolute Gasteiger partial charge is 0.338 e. The molecule has 204 valence electrons. The van der Waals surface area contributed by atoms with Crippen LogP contribution in [0.15, 0.2) is 59.8 Å². The van der Waals surface area contributed by atoms with Gasteiger partial charge in [-0.1, -0.05) is 36.7 Å². The van der Waals surface area contributed by atoms with Gasteiger partial charge in [-0.15, -0.1) is 0 Å².